The van der Waals surface area contributed by atoms with E-state index in [1.165, 1.54) is 0 Å². The third kappa shape index (κ3) is 3.46. The number of nitrogens with zero attached hydrogens (tertiary/aromatic N) is 1. The SMILES string of the molecule is C=C(N)NCCO[C@@H]1CO[C@H]2[C@@H]1OC[C@@H]2O[N+](=O)[O-]. The molecule has 9 heteroatoms. The highest BCUT2D eigenvalue weighted by Gasteiger charge is 2.49. The maximum absolute atomic E-state index is 10.3. The fourth-order valence-electron chi connectivity index (χ4n) is 2.19. The van der Waals surface area contributed by atoms with Crippen LogP contribution in [-0.2, 0) is 19.0 Å². The molecule has 2 rings (SSSR count). The molecule has 0 unspecified atom stereocenters. The second-order valence-corrected chi connectivity index (χ2v) is 4.32. The molecule has 0 amide bonds. The summed E-state index contributed by atoms with van der Waals surface area (Å²) in [6, 6.07) is 0. The zero-order valence-corrected chi connectivity index (χ0v) is 10.3. The Kier molecular flexibility index (Phi) is 4.40. The second kappa shape index (κ2) is 6.04. The van der Waals surface area contributed by atoms with Crippen molar-refractivity contribution < 1.29 is 24.1 Å². The molecule has 0 bridgehead atoms. The van der Waals surface area contributed by atoms with Crippen molar-refractivity contribution in [2.45, 2.75) is 24.4 Å². The number of fused-ring (bicyclic) bond motifs is 1. The molecular formula is C10H17N3O6. The van der Waals surface area contributed by atoms with Crippen LogP contribution in [0.5, 0.6) is 0 Å². The van der Waals surface area contributed by atoms with Gasteiger partial charge >= 0.3 is 0 Å². The van der Waals surface area contributed by atoms with Gasteiger partial charge in [-0.25, -0.2) is 0 Å². The van der Waals surface area contributed by atoms with Gasteiger partial charge in [-0.1, -0.05) is 6.58 Å². The zero-order valence-electron chi connectivity index (χ0n) is 10.3. The van der Waals surface area contributed by atoms with Crippen LogP contribution >= 0.6 is 0 Å². The van der Waals surface area contributed by atoms with Crippen molar-refractivity contribution in [3.8, 4) is 0 Å². The fraction of sp³-hybridized carbons (Fsp3) is 0.800. The molecule has 108 valence electrons. The molecule has 0 saturated carbocycles. The van der Waals surface area contributed by atoms with Crippen LogP contribution < -0.4 is 11.1 Å². The topological polar surface area (TPSA) is 118 Å². The molecule has 0 aromatic heterocycles. The van der Waals surface area contributed by atoms with E-state index in [9.17, 15) is 10.1 Å². The van der Waals surface area contributed by atoms with Crippen LogP contribution in [0, 0.1) is 10.1 Å². The highest BCUT2D eigenvalue weighted by atomic mass is 17.0. The van der Waals surface area contributed by atoms with Gasteiger partial charge in [-0.2, -0.15) is 0 Å². The van der Waals surface area contributed by atoms with Crippen molar-refractivity contribution in [3.05, 3.63) is 22.5 Å². The number of nitrogens with two attached hydrogens (primary N) is 1. The number of ether oxygens (including phenoxy) is 3. The molecule has 9 nitrogen and oxygen atoms in total. The molecule has 2 aliphatic heterocycles. The Morgan fingerprint density at radius 1 is 1.42 bits per heavy atom. The van der Waals surface area contributed by atoms with Crippen molar-refractivity contribution >= 4 is 0 Å². The lowest BCUT2D eigenvalue weighted by Gasteiger charge is -2.17. The first-order valence-electron chi connectivity index (χ1n) is 5.92. The summed E-state index contributed by atoms with van der Waals surface area (Å²) in [5.74, 6) is 0.376. The molecule has 2 heterocycles. The van der Waals surface area contributed by atoms with Crippen molar-refractivity contribution in [1.29, 1.82) is 0 Å². The Hall–Kier alpha value is -1.58. The fourth-order valence-corrected chi connectivity index (χ4v) is 2.19. The third-order valence-corrected chi connectivity index (χ3v) is 2.97. The number of hydrogen-bond donors (Lipinski definition) is 2. The molecule has 2 aliphatic rings. The van der Waals surface area contributed by atoms with Crippen molar-refractivity contribution in [1.82, 2.24) is 5.32 Å². The average Bonchev–Trinajstić information content (AvgIpc) is 2.88. The molecule has 0 radical (unpaired) electrons. The van der Waals surface area contributed by atoms with E-state index in [2.05, 4.69) is 16.7 Å². The predicted molar refractivity (Wildman–Crippen MR) is 62.4 cm³/mol. The minimum atomic E-state index is -0.829. The molecule has 19 heavy (non-hydrogen) atoms. The van der Waals surface area contributed by atoms with Gasteiger partial charge in [0.25, 0.3) is 5.09 Å². The molecule has 0 aliphatic carbocycles. The Balaban J connectivity index is 1.74. The van der Waals surface area contributed by atoms with Gasteiger partial charge in [-0.3, -0.25) is 0 Å². The van der Waals surface area contributed by atoms with Crippen molar-refractivity contribution in [3.63, 3.8) is 0 Å². The van der Waals surface area contributed by atoms with Gasteiger partial charge < -0.3 is 30.1 Å². The van der Waals surface area contributed by atoms with Crippen LogP contribution in [0.4, 0.5) is 0 Å². The number of rotatable bonds is 7. The minimum Gasteiger partial charge on any atom is -0.386 e. The van der Waals surface area contributed by atoms with Crippen LogP contribution in [0.15, 0.2) is 12.4 Å². The Morgan fingerprint density at radius 3 is 2.68 bits per heavy atom. The quantitative estimate of drug-likeness (QED) is 0.337. The summed E-state index contributed by atoms with van der Waals surface area (Å²) in [6.45, 7) is 4.90. The summed E-state index contributed by atoms with van der Waals surface area (Å²) in [4.78, 5) is 14.8. The Bertz CT molecular complexity index is 352. The van der Waals surface area contributed by atoms with E-state index >= 15 is 0 Å². The standard InChI is InChI=1S/C10H17N3O6/c1-6(11)12-2-3-16-7-4-17-10-8(19-13(14)15)5-18-9(7)10/h7-10,12H,1-5,11H2/t7-,8+,9-,10-/m1/s1. The maximum Gasteiger partial charge on any atom is 0.294 e. The summed E-state index contributed by atoms with van der Waals surface area (Å²) in [7, 11) is 0. The van der Waals surface area contributed by atoms with E-state index in [1.807, 2.05) is 0 Å². The van der Waals surface area contributed by atoms with Crippen LogP contribution in [0.25, 0.3) is 0 Å². The first-order valence-corrected chi connectivity index (χ1v) is 5.92. The van der Waals surface area contributed by atoms with Crippen LogP contribution in [0.2, 0.25) is 0 Å². The van der Waals surface area contributed by atoms with Crippen LogP contribution in [0.3, 0.4) is 0 Å². The van der Waals surface area contributed by atoms with Gasteiger partial charge in [0, 0.05) is 6.54 Å². The third-order valence-electron chi connectivity index (χ3n) is 2.97. The van der Waals surface area contributed by atoms with Gasteiger partial charge in [0.1, 0.15) is 18.3 Å². The van der Waals surface area contributed by atoms with Crippen LogP contribution in [0.1, 0.15) is 0 Å². The summed E-state index contributed by atoms with van der Waals surface area (Å²) in [6.07, 6.45) is -1.72. The molecule has 4 atom stereocenters. The Labute approximate surface area is 109 Å². The first kappa shape index (κ1) is 13.8. The maximum atomic E-state index is 10.3. The lowest BCUT2D eigenvalue weighted by Crippen LogP contribution is -2.36. The molecule has 2 saturated heterocycles. The van der Waals surface area contributed by atoms with E-state index < -0.39 is 17.3 Å². The van der Waals surface area contributed by atoms with E-state index in [1.54, 1.807) is 0 Å². The normalized spacial score (nSPS) is 32.8. The van der Waals surface area contributed by atoms with Gasteiger partial charge in [-0.05, 0) is 0 Å². The van der Waals surface area contributed by atoms with E-state index in [-0.39, 0.29) is 18.8 Å². The highest BCUT2D eigenvalue weighted by molar-refractivity contribution is 4.95. The minimum absolute atomic E-state index is 0.133. The molecule has 2 fully saturated rings. The number of nitrogens with one attached hydrogen (secondary N) is 1. The lowest BCUT2D eigenvalue weighted by atomic mass is 10.1. The second-order valence-electron chi connectivity index (χ2n) is 4.32. The van der Waals surface area contributed by atoms with Crippen molar-refractivity contribution in [2.24, 2.45) is 5.73 Å². The van der Waals surface area contributed by atoms with Crippen molar-refractivity contribution in [2.75, 3.05) is 26.4 Å². The Morgan fingerprint density at radius 2 is 2.05 bits per heavy atom. The van der Waals surface area contributed by atoms with E-state index in [0.717, 1.165) is 0 Å². The molecule has 0 aromatic carbocycles. The van der Waals surface area contributed by atoms with E-state index in [0.29, 0.717) is 25.6 Å². The summed E-state index contributed by atoms with van der Waals surface area (Å²) < 4.78 is 16.5. The zero-order chi connectivity index (χ0) is 13.8. The first-order chi connectivity index (χ1) is 9.08. The summed E-state index contributed by atoms with van der Waals surface area (Å²) >= 11 is 0. The lowest BCUT2D eigenvalue weighted by molar-refractivity contribution is -0.769. The largest absolute Gasteiger partial charge is 0.386 e. The smallest absolute Gasteiger partial charge is 0.294 e. The van der Waals surface area contributed by atoms with Gasteiger partial charge in [0.05, 0.1) is 25.6 Å². The number of hydrogen-bond acceptors (Lipinski definition) is 8. The molecular weight excluding hydrogens is 258 g/mol. The molecule has 0 aromatic rings. The predicted octanol–water partition coefficient (Wildman–Crippen LogP) is -1.23. The summed E-state index contributed by atoms with van der Waals surface area (Å²) in [5, 5.41) is 12.3. The van der Waals surface area contributed by atoms with E-state index in [4.69, 9.17) is 19.9 Å². The van der Waals surface area contributed by atoms with Gasteiger partial charge in [-0.15, -0.1) is 10.1 Å². The summed E-state index contributed by atoms with van der Waals surface area (Å²) in [5.41, 5.74) is 5.35. The van der Waals surface area contributed by atoms with Gasteiger partial charge in [0.15, 0.2) is 6.10 Å². The van der Waals surface area contributed by atoms with Crippen LogP contribution in [-0.4, -0.2) is 55.9 Å². The monoisotopic (exact) mass is 275 g/mol. The average molecular weight is 275 g/mol. The molecule has 3 N–H and O–H groups in total. The van der Waals surface area contributed by atoms with Gasteiger partial charge in [0.2, 0.25) is 0 Å². The highest BCUT2D eigenvalue weighted by Crippen LogP contribution is 2.30. The molecule has 0 spiro atoms.